The van der Waals surface area contributed by atoms with Crippen LogP contribution in [0.4, 0.5) is 0 Å². The van der Waals surface area contributed by atoms with Gasteiger partial charge in [-0.05, 0) is 6.42 Å². The lowest BCUT2D eigenvalue weighted by Gasteiger charge is -2.28. The number of morpholine rings is 1. The molecule has 0 radical (unpaired) electrons. The highest BCUT2D eigenvalue weighted by molar-refractivity contribution is 5.89. The fraction of sp³-hybridized carbons (Fsp3) is 0.867. The first-order valence-electron chi connectivity index (χ1n) is 8.25. The van der Waals surface area contributed by atoms with Crippen LogP contribution in [-0.4, -0.2) is 91.6 Å². The summed E-state index contributed by atoms with van der Waals surface area (Å²) in [5.41, 5.74) is 5.86. The zero-order valence-electron chi connectivity index (χ0n) is 13.1. The maximum Gasteiger partial charge on any atom is 0.228 e. The number of ether oxygens (including phenoxy) is 1. The second-order valence-corrected chi connectivity index (χ2v) is 6.53. The molecule has 7 heteroatoms. The van der Waals surface area contributed by atoms with Crippen molar-refractivity contribution in [3.63, 3.8) is 0 Å². The van der Waals surface area contributed by atoms with Crippen molar-refractivity contribution in [3.8, 4) is 0 Å². The van der Waals surface area contributed by atoms with Gasteiger partial charge in [-0.25, -0.2) is 0 Å². The molecule has 2 atom stereocenters. The summed E-state index contributed by atoms with van der Waals surface area (Å²) in [5.74, 6) is 0.0350. The number of carbonyl (C=O) groups excluding carboxylic acids is 2. The van der Waals surface area contributed by atoms with Crippen molar-refractivity contribution in [1.82, 2.24) is 14.7 Å². The van der Waals surface area contributed by atoms with Gasteiger partial charge in [-0.3, -0.25) is 14.5 Å². The van der Waals surface area contributed by atoms with Gasteiger partial charge in [-0.1, -0.05) is 0 Å². The Kier molecular flexibility index (Phi) is 4.95. The van der Waals surface area contributed by atoms with Crippen LogP contribution in [0.1, 0.15) is 12.8 Å². The van der Waals surface area contributed by atoms with Gasteiger partial charge in [0.15, 0.2) is 0 Å². The van der Waals surface area contributed by atoms with Crippen molar-refractivity contribution in [2.24, 2.45) is 11.7 Å². The summed E-state index contributed by atoms with van der Waals surface area (Å²) in [4.78, 5) is 30.6. The molecule has 2 N–H and O–H groups in total. The Bertz CT molecular complexity index is 425. The summed E-state index contributed by atoms with van der Waals surface area (Å²) in [6, 6.07) is 0.0958. The molecule has 3 heterocycles. The van der Waals surface area contributed by atoms with Gasteiger partial charge in [-0.15, -0.1) is 0 Å². The molecule has 0 aromatic heterocycles. The van der Waals surface area contributed by atoms with Crippen LogP contribution >= 0.6 is 0 Å². The molecule has 2 amide bonds. The summed E-state index contributed by atoms with van der Waals surface area (Å²) >= 11 is 0. The number of hydrogen-bond acceptors (Lipinski definition) is 5. The molecule has 22 heavy (non-hydrogen) atoms. The quantitative estimate of drug-likeness (QED) is 0.700. The molecule has 3 rings (SSSR count). The molecule has 0 aromatic carbocycles. The average Bonchev–Trinajstić information content (AvgIpc) is 3.12. The molecule has 3 saturated heterocycles. The third kappa shape index (κ3) is 3.59. The molecule has 3 aliphatic heterocycles. The summed E-state index contributed by atoms with van der Waals surface area (Å²) in [6.07, 6.45) is 1.22. The number of nitrogens with zero attached hydrogens (tertiary/aromatic N) is 3. The third-order valence-electron chi connectivity index (χ3n) is 4.89. The molecular formula is C15H26N4O3. The molecule has 3 fully saturated rings. The summed E-state index contributed by atoms with van der Waals surface area (Å²) < 4.78 is 5.32. The van der Waals surface area contributed by atoms with Crippen LogP contribution in [0.25, 0.3) is 0 Å². The number of likely N-dealkylation sites (tertiary alicyclic amines) is 2. The standard InChI is InChI=1S/C15H26N4O3/c16-13-1-2-19(11-13)15(21)12-9-14(20)18(10-12)4-3-17-5-7-22-8-6-17/h12-13H,1-11,16H2/t12?,13-/m1/s1. The zero-order valence-corrected chi connectivity index (χ0v) is 13.1. The minimum absolute atomic E-state index is 0.0958. The first kappa shape index (κ1) is 15.7. The fourth-order valence-corrected chi connectivity index (χ4v) is 3.49. The van der Waals surface area contributed by atoms with Crippen LogP contribution < -0.4 is 5.73 Å². The van der Waals surface area contributed by atoms with E-state index in [1.807, 2.05) is 9.80 Å². The lowest BCUT2D eigenvalue weighted by molar-refractivity contribution is -0.134. The largest absolute Gasteiger partial charge is 0.379 e. The number of amides is 2. The van der Waals surface area contributed by atoms with Gasteiger partial charge >= 0.3 is 0 Å². The lowest BCUT2D eigenvalue weighted by Crippen LogP contribution is -2.42. The molecule has 124 valence electrons. The highest BCUT2D eigenvalue weighted by Gasteiger charge is 2.37. The average molecular weight is 310 g/mol. The Labute approximate surface area is 131 Å². The van der Waals surface area contributed by atoms with Gasteiger partial charge < -0.3 is 20.3 Å². The SMILES string of the molecule is N[C@@H]1CCN(C(=O)C2CC(=O)N(CCN3CCOCC3)C2)C1. The third-order valence-corrected chi connectivity index (χ3v) is 4.89. The van der Waals surface area contributed by atoms with Crippen LogP contribution in [0.2, 0.25) is 0 Å². The summed E-state index contributed by atoms with van der Waals surface area (Å²) in [6.45, 7) is 6.90. The normalized spacial score (nSPS) is 30.3. The Morgan fingerprint density at radius 3 is 2.64 bits per heavy atom. The second kappa shape index (κ2) is 6.93. The van der Waals surface area contributed by atoms with Crippen molar-refractivity contribution >= 4 is 11.8 Å². The van der Waals surface area contributed by atoms with Crippen LogP contribution in [0, 0.1) is 5.92 Å². The summed E-state index contributed by atoms with van der Waals surface area (Å²) in [5, 5.41) is 0. The second-order valence-electron chi connectivity index (χ2n) is 6.53. The molecule has 0 aromatic rings. The zero-order chi connectivity index (χ0) is 15.5. The van der Waals surface area contributed by atoms with Crippen LogP contribution in [0.15, 0.2) is 0 Å². The van der Waals surface area contributed by atoms with Gasteiger partial charge in [-0.2, -0.15) is 0 Å². The van der Waals surface area contributed by atoms with Crippen LogP contribution in [0.5, 0.6) is 0 Å². The van der Waals surface area contributed by atoms with Gasteiger partial charge in [0.05, 0.1) is 19.1 Å². The monoisotopic (exact) mass is 310 g/mol. The number of hydrogen-bond donors (Lipinski definition) is 1. The smallest absolute Gasteiger partial charge is 0.228 e. The minimum atomic E-state index is -0.178. The number of rotatable bonds is 4. The van der Waals surface area contributed by atoms with Gasteiger partial charge in [0.1, 0.15) is 0 Å². The van der Waals surface area contributed by atoms with Crippen LogP contribution in [0.3, 0.4) is 0 Å². The highest BCUT2D eigenvalue weighted by Crippen LogP contribution is 2.22. The maximum absolute atomic E-state index is 12.5. The van der Waals surface area contributed by atoms with E-state index in [0.29, 0.717) is 26.1 Å². The first-order chi connectivity index (χ1) is 10.6. The van der Waals surface area contributed by atoms with Crippen molar-refractivity contribution < 1.29 is 14.3 Å². The molecular weight excluding hydrogens is 284 g/mol. The van der Waals surface area contributed by atoms with Crippen LogP contribution in [-0.2, 0) is 14.3 Å². The van der Waals surface area contributed by atoms with E-state index in [-0.39, 0.29) is 23.8 Å². The Morgan fingerprint density at radius 1 is 1.18 bits per heavy atom. The van der Waals surface area contributed by atoms with E-state index in [9.17, 15) is 9.59 Å². The van der Waals surface area contributed by atoms with E-state index in [4.69, 9.17) is 10.5 Å². The number of nitrogens with two attached hydrogens (primary N) is 1. The van der Waals surface area contributed by atoms with Gasteiger partial charge in [0.2, 0.25) is 11.8 Å². The molecule has 0 saturated carbocycles. The Hall–Kier alpha value is -1.18. The Morgan fingerprint density at radius 2 is 1.95 bits per heavy atom. The predicted octanol–water partition coefficient (Wildman–Crippen LogP) is -1.27. The van der Waals surface area contributed by atoms with E-state index in [1.54, 1.807) is 0 Å². The first-order valence-corrected chi connectivity index (χ1v) is 8.25. The van der Waals surface area contributed by atoms with Crippen molar-refractivity contribution in [1.29, 1.82) is 0 Å². The molecule has 0 bridgehead atoms. The topological polar surface area (TPSA) is 79.1 Å². The Balaban J connectivity index is 1.46. The van der Waals surface area contributed by atoms with E-state index < -0.39 is 0 Å². The maximum atomic E-state index is 12.5. The molecule has 1 unspecified atom stereocenters. The molecule has 7 nitrogen and oxygen atoms in total. The predicted molar refractivity (Wildman–Crippen MR) is 81.1 cm³/mol. The molecule has 0 spiro atoms. The fourth-order valence-electron chi connectivity index (χ4n) is 3.49. The lowest BCUT2D eigenvalue weighted by atomic mass is 10.1. The molecule has 3 aliphatic rings. The van der Waals surface area contributed by atoms with E-state index in [0.717, 1.165) is 45.8 Å². The minimum Gasteiger partial charge on any atom is -0.379 e. The highest BCUT2D eigenvalue weighted by atomic mass is 16.5. The van der Waals surface area contributed by atoms with E-state index in [2.05, 4.69) is 4.90 Å². The summed E-state index contributed by atoms with van der Waals surface area (Å²) in [7, 11) is 0. The number of carbonyl (C=O) groups is 2. The van der Waals surface area contributed by atoms with Gasteiger partial charge in [0.25, 0.3) is 0 Å². The van der Waals surface area contributed by atoms with Crippen molar-refractivity contribution in [3.05, 3.63) is 0 Å². The van der Waals surface area contributed by atoms with Crippen molar-refractivity contribution in [2.75, 3.05) is 59.0 Å². The molecule has 0 aliphatic carbocycles. The van der Waals surface area contributed by atoms with Gasteiger partial charge in [0, 0.05) is 58.3 Å². The van der Waals surface area contributed by atoms with Crippen molar-refractivity contribution in [2.45, 2.75) is 18.9 Å². The van der Waals surface area contributed by atoms with E-state index >= 15 is 0 Å². The van der Waals surface area contributed by atoms with E-state index in [1.165, 1.54) is 0 Å².